The van der Waals surface area contributed by atoms with Crippen LogP contribution in [0, 0.1) is 0 Å². The van der Waals surface area contributed by atoms with Crippen LogP contribution < -0.4 is 0 Å². The molecule has 1 fully saturated rings. The van der Waals surface area contributed by atoms with E-state index in [4.69, 9.17) is 18.4 Å². The van der Waals surface area contributed by atoms with Crippen molar-refractivity contribution >= 4 is 22.1 Å². The summed E-state index contributed by atoms with van der Waals surface area (Å²) in [6.45, 7) is -0.337. The van der Waals surface area contributed by atoms with Gasteiger partial charge in [-0.05, 0) is 24.3 Å². The summed E-state index contributed by atoms with van der Waals surface area (Å²) >= 11 is 0. The minimum Gasteiger partial charge on any atom is -0.452 e. The molecule has 1 aliphatic heterocycles. The van der Waals surface area contributed by atoms with Crippen molar-refractivity contribution in [3.8, 4) is 0 Å². The molecule has 0 bridgehead atoms. The first-order valence-electron chi connectivity index (χ1n) is 8.94. The van der Waals surface area contributed by atoms with Crippen molar-refractivity contribution in [1.82, 2.24) is 0 Å². The number of hydrogen-bond donors (Lipinski definition) is 1. The molecule has 0 spiro atoms. The summed E-state index contributed by atoms with van der Waals surface area (Å²) in [4.78, 5) is 25.0. The number of ether oxygens (including phenoxy) is 3. The maximum Gasteiger partial charge on any atom is 0.338 e. The first-order chi connectivity index (χ1) is 14.2. The number of aliphatic hydroxyl groups is 1. The maximum atomic E-state index is 12.5. The molecular weight excluding hydrogens is 416 g/mol. The molecule has 0 aliphatic carbocycles. The van der Waals surface area contributed by atoms with Gasteiger partial charge in [-0.3, -0.25) is 4.18 Å². The molecule has 160 valence electrons. The fourth-order valence-corrected chi connectivity index (χ4v) is 3.46. The van der Waals surface area contributed by atoms with Gasteiger partial charge in [-0.15, -0.1) is 0 Å². The van der Waals surface area contributed by atoms with Crippen molar-refractivity contribution in [2.24, 2.45) is 0 Å². The fraction of sp³-hybridized carbons (Fsp3) is 0.300. The van der Waals surface area contributed by atoms with E-state index in [1.807, 2.05) is 0 Å². The summed E-state index contributed by atoms with van der Waals surface area (Å²) in [5, 5.41) is 10.1. The smallest absolute Gasteiger partial charge is 0.338 e. The lowest BCUT2D eigenvalue weighted by molar-refractivity contribution is -0.243. The molecule has 0 amide bonds. The van der Waals surface area contributed by atoms with Crippen LogP contribution in [0.15, 0.2) is 60.7 Å². The van der Waals surface area contributed by atoms with Crippen molar-refractivity contribution in [2.45, 2.75) is 24.6 Å². The van der Waals surface area contributed by atoms with E-state index in [0.717, 1.165) is 6.26 Å². The molecule has 9 nitrogen and oxygen atoms in total. The van der Waals surface area contributed by atoms with E-state index in [1.165, 1.54) is 24.3 Å². The minimum atomic E-state index is -4.07. The highest BCUT2D eigenvalue weighted by Crippen LogP contribution is 2.25. The highest BCUT2D eigenvalue weighted by Gasteiger charge is 2.47. The first kappa shape index (κ1) is 21.9. The highest BCUT2D eigenvalue weighted by molar-refractivity contribution is 7.86. The zero-order valence-corrected chi connectivity index (χ0v) is 16.7. The average molecular weight is 436 g/mol. The third kappa shape index (κ3) is 5.63. The zero-order valence-electron chi connectivity index (χ0n) is 15.9. The standard InChI is InChI=1S/C20H20O9S/c1-30(24,25)29-17-16(28-19(22)14-10-6-3-7-11-14)15(12-26-20(17)23)27-18(21)13-8-4-2-5-9-13/h2-11,15-17,20,23H,12H2,1H3/t15-,16+,17+,20-/m0/s1. The molecule has 10 heteroatoms. The number of benzene rings is 2. The summed E-state index contributed by atoms with van der Waals surface area (Å²) in [6, 6.07) is 16.0. The van der Waals surface area contributed by atoms with E-state index < -0.39 is 46.7 Å². The van der Waals surface area contributed by atoms with Crippen LogP contribution in [-0.4, -0.2) is 62.9 Å². The maximum absolute atomic E-state index is 12.5. The van der Waals surface area contributed by atoms with Crippen LogP contribution in [0.5, 0.6) is 0 Å². The lowest BCUT2D eigenvalue weighted by Gasteiger charge is -2.38. The number of esters is 2. The number of rotatable bonds is 6. The summed E-state index contributed by atoms with van der Waals surface area (Å²) in [6.07, 6.45) is -5.24. The van der Waals surface area contributed by atoms with Crippen molar-refractivity contribution in [3.05, 3.63) is 71.8 Å². The lowest BCUT2D eigenvalue weighted by Crippen LogP contribution is -2.57. The van der Waals surface area contributed by atoms with Crippen LogP contribution in [0.3, 0.4) is 0 Å². The van der Waals surface area contributed by atoms with Gasteiger partial charge in [0.15, 0.2) is 24.6 Å². The van der Waals surface area contributed by atoms with Crippen molar-refractivity contribution in [1.29, 1.82) is 0 Å². The Hall–Kier alpha value is -2.79. The molecule has 1 heterocycles. The Morgan fingerprint density at radius 2 is 1.40 bits per heavy atom. The van der Waals surface area contributed by atoms with E-state index in [2.05, 4.69) is 0 Å². The molecule has 0 unspecified atom stereocenters. The van der Waals surface area contributed by atoms with Crippen LogP contribution in [0.25, 0.3) is 0 Å². The molecule has 3 rings (SSSR count). The summed E-state index contributed by atoms with van der Waals surface area (Å²) < 4.78 is 44.1. The van der Waals surface area contributed by atoms with Crippen LogP contribution in [0.4, 0.5) is 0 Å². The van der Waals surface area contributed by atoms with Gasteiger partial charge >= 0.3 is 11.9 Å². The minimum absolute atomic E-state index is 0.185. The monoisotopic (exact) mass is 436 g/mol. The second kappa shape index (κ2) is 9.35. The summed E-state index contributed by atoms with van der Waals surface area (Å²) in [5.74, 6) is -1.54. The molecule has 30 heavy (non-hydrogen) atoms. The van der Waals surface area contributed by atoms with Gasteiger partial charge in [0.2, 0.25) is 0 Å². The average Bonchev–Trinajstić information content (AvgIpc) is 2.73. The van der Waals surface area contributed by atoms with Gasteiger partial charge in [0.1, 0.15) is 0 Å². The second-order valence-corrected chi connectivity index (χ2v) is 8.14. The van der Waals surface area contributed by atoms with Crippen molar-refractivity contribution in [3.63, 3.8) is 0 Å². The molecule has 0 aromatic heterocycles. The van der Waals surface area contributed by atoms with Gasteiger partial charge in [0, 0.05) is 0 Å². The lowest BCUT2D eigenvalue weighted by atomic mass is 10.0. The van der Waals surface area contributed by atoms with Gasteiger partial charge in [0.05, 0.1) is 24.0 Å². The van der Waals surface area contributed by atoms with E-state index in [0.29, 0.717) is 0 Å². The number of carbonyl (C=O) groups is 2. The normalized spacial score (nSPS) is 24.1. The number of aliphatic hydroxyl groups excluding tert-OH is 1. The number of hydrogen-bond acceptors (Lipinski definition) is 9. The molecule has 1 saturated heterocycles. The van der Waals surface area contributed by atoms with Gasteiger partial charge in [-0.1, -0.05) is 36.4 Å². The molecule has 4 atom stereocenters. The van der Waals surface area contributed by atoms with Crippen molar-refractivity contribution < 1.29 is 41.5 Å². The van der Waals surface area contributed by atoms with Crippen LogP contribution >= 0.6 is 0 Å². The SMILES string of the molecule is CS(=O)(=O)O[C@@H]1[C@H](OC(=O)c2ccccc2)[C@@H](OC(=O)c2ccccc2)CO[C@@H]1O. The second-order valence-electron chi connectivity index (χ2n) is 6.53. The largest absolute Gasteiger partial charge is 0.452 e. The van der Waals surface area contributed by atoms with E-state index >= 15 is 0 Å². The molecular formula is C20H20O9S. The quantitative estimate of drug-likeness (QED) is 0.524. The van der Waals surface area contributed by atoms with Crippen LogP contribution in [-0.2, 0) is 28.5 Å². The Morgan fingerprint density at radius 1 is 0.900 bits per heavy atom. The Balaban J connectivity index is 1.86. The Morgan fingerprint density at radius 3 is 1.90 bits per heavy atom. The highest BCUT2D eigenvalue weighted by atomic mass is 32.2. The molecule has 0 saturated carbocycles. The fourth-order valence-electron chi connectivity index (χ4n) is 2.85. The van der Waals surface area contributed by atoms with Crippen LogP contribution in [0.2, 0.25) is 0 Å². The third-order valence-electron chi connectivity index (χ3n) is 4.21. The molecule has 0 radical (unpaired) electrons. The van der Waals surface area contributed by atoms with Gasteiger partial charge < -0.3 is 19.3 Å². The van der Waals surface area contributed by atoms with Gasteiger partial charge in [-0.2, -0.15) is 8.42 Å². The topological polar surface area (TPSA) is 125 Å². The zero-order chi connectivity index (χ0) is 21.7. The number of carbonyl (C=O) groups excluding carboxylic acids is 2. The van der Waals surface area contributed by atoms with Gasteiger partial charge in [0.25, 0.3) is 10.1 Å². The summed E-state index contributed by atoms with van der Waals surface area (Å²) in [7, 11) is -4.07. The van der Waals surface area contributed by atoms with E-state index in [-0.39, 0.29) is 17.7 Å². The van der Waals surface area contributed by atoms with Crippen LogP contribution in [0.1, 0.15) is 20.7 Å². The first-order valence-corrected chi connectivity index (χ1v) is 10.8. The molecule has 2 aromatic rings. The Labute approximate surface area is 173 Å². The summed E-state index contributed by atoms with van der Waals surface area (Å²) in [5.41, 5.74) is 0.419. The van der Waals surface area contributed by atoms with E-state index in [9.17, 15) is 23.1 Å². The van der Waals surface area contributed by atoms with Crippen molar-refractivity contribution in [2.75, 3.05) is 12.9 Å². The molecule has 1 aliphatic rings. The predicted molar refractivity (Wildman–Crippen MR) is 103 cm³/mol. The molecule has 1 N–H and O–H groups in total. The predicted octanol–water partition coefficient (Wildman–Crippen LogP) is 1.13. The van der Waals surface area contributed by atoms with E-state index in [1.54, 1.807) is 36.4 Å². The third-order valence-corrected chi connectivity index (χ3v) is 4.78. The van der Waals surface area contributed by atoms with Gasteiger partial charge in [-0.25, -0.2) is 9.59 Å². The Kier molecular flexibility index (Phi) is 6.83. The Bertz CT molecular complexity index is 976. The molecule has 2 aromatic carbocycles.